The number of halogens is 2. The fourth-order valence-electron chi connectivity index (χ4n) is 1.56. The Morgan fingerprint density at radius 3 is 2.79 bits per heavy atom. The Morgan fingerprint density at radius 1 is 1.36 bits per heavy atom. The van der Waals surface area contributed by atoms with Gasteiger partial charge in [-0.2, -0.15) is 0 Å². The first-order chi connectivity index (χ1) is 6.74. The Balaban J connectivity index is 2.72. The molecule has 0 atom stereocenters. The Kier molecular flexibility index (Phi) is 3.15. The van der Waals surface area contributed by atoms with Crippen molar-refractivity contribution in [3.05, 3.63) is 33.7 Å². The highest BCUT2D eigenvalue weighted by Crippen LogP contribution is 2.33. The van der Waals surface area contributed by atoms with E-state index >= 15 is 0 Å². The first kappa shape index (κ1) is 10.5. The minimum atomic E-state index is 0.871. The quantitative estimate of drug-likeness (QED) is 0.682. The summed E-state index contributed by atoms with van der Waals surface area (Å²) in [6, 6.07) is 6.54. The van der Waals surface area contributed by atoms with Crippen LogP contribution in [0, 0.1) is 0 Å². The zero-order valence-electron chi connectivity index (χ0n) is 7.81. The van der Waals surface area contributed by atoms with Gasteiger partial charge in [0.25, 0.3) is 0 Å². The van der Waals surface area contributed by atoms with E-state index in [4.69, 9.17) is 11.6 Å². The first-order valence-electron chi connectivity index (χ1n) is 4.51. The van der Waals surface area contributed by atoms with Crippen LogP contribution in [0.1, 0.15) is 18.1 Å². The molecule has 2 aromatic rings. The molecule has 0 aliphatic heterocycles. The maximum atomic E-state index is 6.01. The molecule has 0 bridgehead atoms. The average Bonchev–Trinajstić information content (AvgIpc) is 2.56. The van der Waals surface area contributed by atoms with Gasteiger partial charge in [0, 0.05) is 10.0 Å². The number of rotatable bonds is 2. The molecule has 0 saturated carbocycles. The second-order valence-electron chi connectivity index (χ2n) is 3.20. The standard InChI is InChI=1S/C11H10BrClS/c1-2-7-3-8(6-12)9-5-11(13)14-10(9)4-7/h3-5H,2,6H2,1H3. The van der Waals surface area contributed by atoms with Gasteiger partial charge in [0.2, 0.25) is 0 Å². The lowest BCUT2D eigenvalue weighted by atomic mass is 10.1. The summed E-state index contributed by atoms with van der Waals surface area (Å²) < 4.78 is 2.17. The third-order valence-electron chi connectivity index (χ3n) is 2.31. The van der Waals surface area contributed by atoms with Crippen LogP contribution in [-0.4, -0.2) is 0 Å². The van der Waals surface area contributed by atoms with Gasteiger partial charge in [-0.1, -0.05) is 40.5 Å². The van der Waals surface area contributed by atoms with Crippen LogP contribution in [0.15, 0.2) is 18.2 Å². The number of benzene rings is 1. The summed E-state index contributed by atoms with van der Waals surface area (Å²) in [5.41, 5.74) is 2.72. The molecule has 2 rings (SSSR count). The van der Waals surface area contributed by atoms with Gasteiger partial charge >= 0.3 is 0 Å². The van der Waals surface area contributed by atoms with E-state index in [0.29, 0.717) is 0 Å². The monoisotopic (exact) mass is 288 g/mol. The molecule has 0 saturated heterocycles. The van der Waals surface area contributed by atoms with E-state index < -0.39 is 0 Å². The highest BCUT2D eigenvalue weighted by molar-refractivity contribution is 9.08. The summed E-state index contributed by atoms with van der Waals surface area (Å²) in [6.07, 6.45) is 1.07. The van der Waals surface area contributed by atoms with Crippen LogP contribution in [0.4, 0.5) is 0 Å². The SMILES string of the molecule is CCc1cc(CBr)c2cc(Cl)sc2c1. The predicted octanol–water partition coefficient (Wildman–Crippen LogP) is 5.01. The summed E-state index contributed by atoms with van der Waals surface area (Å²) in [7, 11) is 0. The number of hydrogen-bond acceptors (Lipinski definition) is 1. The van der Waals surface area contributed by atoms with Crippen molar-refractivity contribution in [1.29, 1.82) is 0 Å². The number of aryl methyl sites for hydroxylation is 1. The van der Waals surface area contributed by atoms with Gasteiger partial charge in [-0.25, -0.2) is 0 Å². The van der Waals surface area contributed by atoms with E-state index in [1.54, 1.807) is 11.3 Å². The van der Waals surface area contributed by atoms with E-state index in [-0.39, 0.29) is 0 Å². The Bertz CT molecular complexity index is 462. The number of fused-ring (bicyclic) bond motifs is 1. The van der Waals surface area contributed by atoms with E-state index in [1.807, 2.05) is 0 Å². The van der Waals surface area contributed by atoms with Crippen molar-refractivity contribution in [3.63, 3.8) is 0 Å². The Labute approximate surface area is 101 Å². The van der Waals surface area contributed by atoms with Crippen molar-refractivity contribution in [3.8, 4) is 0 Å². The lowest BCUT2D eigenvalue weighted by Gasteiger charge is -2.02. The lowest BCUT2D eigenvalue weighted by Crippen LogP contribution is -1.84. The molecule has 0 N–H and O–H groups in total. The second-order valence-corrected chi connectivity index (χ2v) is 5.48. The normalized spacial score (nSPS) is 11.1. The summed E-state index contributed by atoms with van der Waals surface area (Å²) in [5.74, 6) is 0. The summed E-state index contributed by atoms with van der Waals surface area (Å²) >= 11 is 11.2. The molecule has 1 aromatic carbocycles. The molecule has 74 valence electrons. The molecule has 0 fully saturated rings. The largest absolute Gasteiger partial charge is 0.123 e. The van der Waals surface area contributed by atoms with Gasteiger partial charge in [-0.05, 0) is 35.1 Å². The van der Waals surface area contributed by atoms with Gasteiger partial charge in [0.15, 0.2) is 0 Å². The van der Waals surface area contributed by atoms with E-state index in [0.717, 1.165) is 16.1 Å². The lowest BCUT2D eigenvalue weighted by molar-refractivity contribution is 1.14. The van der Waals surface area contributed by atoms with Crippen molar-refractivity contribution in [2.24, 2.45) is 0 Å². The van der Waals surface area contributed by atoms with Gasteiger partial charge < -0.3 is 0 Å². The number of thiophene rings is 1. The first-order valence-corrected chi connectivity index (χ1v) is 6.83. The minimum absolute atomic E-state index is 0.871. The Hall–Kier alpha value is -0.0500. The van der Waals surface area contributed by atoms with E-state index in [9.17, 15) is 0 Å². The van der Waals surface area contributed by atoms with Crippen molar-refractivity contribution in [2.45, 2.75) is 18.7 Å². The molecule has 1 aromatic heterocycles. The smallest absolute Gasteiger partial charge is 0.0940 e. The highest BCUT2D eigenvalue weighted by atomic mass is 79.9. The molecule has 0 aliphatic rings. The zero-order valence-corrected chi connectivity index (χ0v) is 11.0. The summed E-state index contributed by atoms with van der Waals surface area (Å²) in [5, 5.41) is 2.18. The molecule has 1 heterocycles. The molecular formula is C11H10BrClS. The van der Waals surface area contributed by atoms with Crippen LogP contribution >= 0.6 is 38.9 Å². The topological polar surface area (TPSA) is 0 Å². The summed E-state index contributed by atoms with van der Waals surface area (Å²) in [4.78, 5) is 0. The molecule has 14 heavy (non-hydrogen) atoms. The average molecular weight is 290 g/mol. The Morgan fingerprint density at radius 2 is 2.14 bits per heavy atom. The fraction of sp³-hybridized carbons (Fsp3) is 0.273. The predicted molar refractivity (Wildman–Crippen MR) is 68.8 cm³/mol. The summed E-state index contributed by atoms with van der Waals surface area (Å²) in [6.45, 7) is 2.17. The van der Waals surface area contributed by atoms with Gasteiger partial charge in [-0.15, -0.1) is 11.3 Å². The molecule has 0 spiro atoms. The van der Waals surface area contributed by atoms with E-state index in [1.165, 1.54) is 21.2 Å². The maximum Gasteiger partial charge on any atom is 0.0940 e. The van der Waals surface area contributed by atoms with Crippen LogP contribution in [0.2, 0.25) is 4.34 Å². The maximum absolute atomic E-state index is 6.01. The molecule has 0 nitrogen and oxygen atoms in total. The van der Waals surface area contributed by atoms with Gasteiger partial charge in [0.1, 0.15) is 0 Å². The van der Waals surface area contributed by atoms with Crippen molar-refractivity contribution in [2.75, 3.05) is 0 Å². The van der Waals surface area contributed by atoms with Crippen LogP contribution in [-0.2, 0) is 11.8 Å². The van der Waals surface area contributed by atoms with Crippen LogP contribution in [0.5, 0.6) is 0 Å². The molecule has 0 amide bonds. The van der Waals surface area contributed by atoms with Crippen LogP contribution < -0.4 is 0 Å². The fourth-order valence-corrected chi connectivity index (χ4v) is 3.28. The molecule has 0 aliphatic carbocycles. The van der Waals surface area contributed by atoms with Crippen LogP contribution in [0.25, 0.3) is 10.1 Å². The van der Waals surface area contributed by atoms with Gasteiger partial charge in [-0.3, -0.25) is 0 Å². The third kappa shape index (κ3) is 1.83. The second kappa shape index (κ2) is 4.21. The number of alkyl halides is 1. The molecular weight excluding hydrogens is 280 g/mol. The van der Waals surface area contributed by atoms with Gasteiger partial charge in [0.05, 0.1) is 4.34 Å². The highest BCUT2D eigenvalue weighted by Gasteiger charge is 2.06. The molecule has 3 heteroatoms. The van der Waals surface area contributed by atoms with Crippen molar-refractivity contribution >= 4 is 49.0 Å². The zero-order chi connectivity index (χ0) is 10.1. The van der Waals surface area contributed by atoms with Crippen molar-refractivity contribution < 1.29 is 0 Å². The molecule has 0 radical (unpaired) electrons. The number of hydrogen-bond donors (Lipinski definition) is 0. The third-order valence-corrected chi connectivity index (χ3v) is 4.12. The van der Waals surface area contributed by atoms with E-state index in [2.05, 4.69) is 41.1 Å². The van der Waals surface area contributed by atoms with Crippen molar-refractivity contribution in [1.82, 2.24) is 0 Å². The molecule has 0 unspecified atom stereocenters. The van der Waals surface area contributed by atoms with Crippen LogP contribution in [0.3, 0.4) is 0 Å². The minimum Gasteiger partial charge on any atom is -0.123 e.